The summed E-state index contributed by atoms with van der Waals surface area (Å²) in [6.45, 7) is 4.16. The fraction of sp³-hybridized carbons (Fsp3) is 0.455. The summed E-state index contributed by atoms with van der Waals surface area (Å²) in [4.78, 5) is 0. The molecule has 0 saturated carbocycles. The van der Waals surface area contributed by atoms with Crippen LogP contribution >= 0.6 is 15.9 Å². The zero-order valence-corrected chi connectivity index (χ0v) is 10.0. The first-order chi connectivity index (χ1) is 6.52. The van der Waals surface area contributed by atoms with Crippen LogP contribution in [0.2, 0.25) is 0 Å². The maximum Gasteiger partial charge on any atom is 0.129 e. The molecule has 0 saturated heterocycles. The van der Waals surface area contributed by atoms with E-state index in [0.29, 0.717) is 11.5 Å². The van der Waals surface area contributed by atoms with Crippen LogP contribution in [0.25, 0.3) is 0 Å². The van der Waals surface area contributed by atoms with Gasteiger partial charge in [0.1, 0.15) is 5.82 Å². The first-order valence-corrected chi connectivity index (χ1v) is 5.51. The third kappa shape index (κ3) is 2.79. The summed E-state index contributed by atoms with van der Waals surface area (Å²) in [6.07, 6.45) is 0.791. The molecule has 0 radical (unpaired) electrons. The van der Waals surface area contributed by atoms with E-state index in [1.807, 2.05) is 6.07 Å². The van der Waals surface area contributed by atoms with E-state index < -0.39 is 0 Å². The Balaban J connectivity index is 2.94. The van der Waals surface area contributed by atoms with Crippen LogP contribution in [0, 0.1) is 11.7 Å². The average molecular weight is 260 g/mol. The highest BCUT2D eigenvalue weighted by molar-refractivity contribution is 9.10. The van der Waals surface area contributed by atoms with Crippen LogP contribution in [-0.4, -0.2) is 0 Å². The molecule has 0 aliphatic heterocycles. The highest BCUT2D eigenvalue weighted by atomic mass is 79.9. The summed E-state index contributed by atoms with van der Waals surface area (Å²) in [7, 11) is 0. The first kappa shape index (κ1) is 11.7. The number of halogens is 2. The molecule has 3 heteroatoms. The number of rotatable bonds is 3. The Morgan fingerprint density at radius 2 is 2.07 bits per heavy atom. The third-order valence-corrected chi connectivity index (χ3v) is 2.79. The lowest BCUT2D eigenvalue weighted by atomic mass is 9.97. The topological polar surface area (TPSA) is 26.0 Å². The highest BCUT2D eigenvalue weighted by Crippen LogP contribution is 2.28. The van der Waals surface area contributed by atoms with Gasteiger partial charge in [-0.25, -0.2) is 4.39 Å². The van der Waals surface area contributed by atoms with Crippen molar-refractivity contribution in [2.24, 2.45) is 11.7 Å². The van der Waals surface area contributed by atoms with Gasteiger partial charge < -0.3 is 5.73 Å². The van der Waals surface area contributed by atoms with Crippen LogP contribution in [0.1, 0.15) is 31.9 Å². The molecule has 1 aromatic carbocycles. The minimum Gasteiger partial charge on any atom is -0.324 e. The quantitative estimate of drug-likeness (QED) is 0.882. The number of benzene rings is 1. The van der Waals surface area contributed by atoms with Crippen molar-refractivity contribution >= 4 is 15.9 Å². The molecule has 0 unspecified atom stereocenters. The summed E-state index contributed by atoms with van der Waals surface area (Å²) < 4.78 is 14.2. The zero-order valence-electron chi connectivity index (χ0n) is 8.43. The van der Waals surface area contributed by atoms with Gasteiger partial charge in [-0.15, -0.1) is 0 Å². The summed E-state index contributed by atoms with van der Waals surface area (Å²) in [5.41, 5.74) is 6.51. The lowest BCUT2D eigenvalue weighted by Crippen LogP contribution is -2.15. The molecule has 1 aromatic rings. The van der Waals surface area contributed by atoms with Gasteiger partial charge in [0.05, 0.1) is 0 Å². The van der Waals surface area contributed by atoms with Crippen molar-refractivity contribution in [2.75, 3.05) is 0 Å². The largest absolute Gasteiger partial charge is 0.324 e. The molecule has 0 amide bonds. The Morgan fingerprint density at radius 1 is 1.43 bits per heavy atom. The molecule has 1 nitrogen and oxygen atoms in total. The molecule has 0 heterocycles. The van der Waals surface area contributed by atoms with Gasteiger partial charge in [0.2, 0.25) is 0 Å². The SMILES string of the molecule is CC(C)C[C@@H](N)c1c(F)cccc1Br. The third-order valence-electron chi connectivity index (χ3n) is 2.10. The van der Waals surface area contributed by atoms with E-state index >= 15 is 0 Å². The maximum absolute atomic E-state index is 13.4. The molecule has 0 spiro atoms. The Labute approximate surface area is 92.6 Å². The van der Waals surface area contributed by atoms with Crippen LogP contribution < -0.4 is 5.73 Å². The van der Waals surface area contributed by atoms with Gasteiger partial charge >= 0.3 is 0 Å². The normalized spacial score (nSPS) is 13.3. The summed E-state index contributed by atoms with van der Waals surface area (Å²) >= 11 is 3.32. The van der Waals surface area contributed by atoms with Crippen molar-refractivity contribution in [3.8, 4) is 0 Å². The van der Waals surface area contributed by atoms with Crippen molar-refractivity contribution in [2.45, 2.75) is 26.3 Å². The van der Waals surface area contributed by atoms with Crippen LogP contribution in [0.3, 0.4) is 0 Å². The van der Waals surface area contributed by atoms with Crippen LogP contribution in [0.4, 0.5) is 4.39 Å². The fourth-order valence-electron chi connectivity index (χ4n) is 1.49. The Kier molecular flexibility index (Phi) is 4.08. The molecule has 0 aromatic heterocycles. The summed E-state index contributed by atoms with van der Waals surface area (Å²) in [5, 5.41) is 0. The molecule has 1 atom stereocenters. The first-order valence-electron chi connectivity index (χ1n) is 4.72. The van der Waals surface area contributed by atoms with Gasteiger partial charge in [-0.3, -0.25) is 0 Å². The van der Waals surface area contributed by atoms with Gasteiger partial charge in [0.15, 0.2) is 0 Å². The second-order valence-electron chi connectivity index (χ2n) is 3.87. The van der Waals surface area contributed by atoms with E-state index in [-0.39, 0.29) is 11.9 Å². The van der Waals surface area contributed by atoms with Crippen LogP contribution in [-0.2, 0) is 0 Å². The average Bonchev–Trinajstić information content (AvgIpc) is 2.01. The predicted molar refractivity (Wildman–Crippen MR) is 60.5 cm³/mol. The molecule has 2 N–H and O–H groups in total. The van der Waals surface area contributed by atoms with E-state index in [9.17, 15) is 4.39 Å². The molecule has 0 aliphatic carbocycles. The second kappa shape index (κ2) is 4.89. The summed E-state index contributed by atoms with van der Waals surface area (Å²) in [5.74, 6) is 0.240. The van der Waals surface area contributed by atoms with E-state index in [2.05, 4.69) is 29.8 Å². The van der Waals surface area contributed by atoms with Gasteiger partial charge in [-0.05, 0) is 24.5 Å². The number of hydrogen-bond donors (Lipinski definition) is 1. The van der Waals surface area contributed by atoms with Crippen molar-refractivity contribution in [3.63, 3.8) is 0 Å². The Bertz CT molecular complexity index is 292. The predicted octanol–water partition coefficient (Wildman–Crippen LogP) is 3.63. The molecule has 0 fully saturated rings. The van der Waals surface area contributed by atoms with E-state index in [1.54, 1.807) is 6.07 Å². The van der Waals surface area contributed by atoms with Gasteiger partial charge in [0, 0.05) is 16.1 Å². The van der Waals surface area contributed by atoms with Crippen LogP contribution in [0.5, 0.6) is 0 Å². The molecular weight excluding hydrogens is 245 g/mol. The number of nitrogens with two attached hydrogens (primary N) is 1. The van der Waals surface area contributed by atoms with Crippen molar-refractivity contribution in [3.05, 3.63) is 34.1 Å². The van der Waals surface area contributed by atoms with Crippen molar-refractivity contribution in [1.82, 2.24) is 0 Å². The second-order valence-corrected chi connectivity index (χ2v) is 4.73. The molecule has 0 bridgehead atoms. The van der Waals surface area contributed by atoms with Gasteiger partial charge in [0.25, 0.3) is 0 Å². The fourth-order valence-corrected chi connectivity index (χ4v) is 2.13. The zero-order chi connectivity index (χ0) is 10.7. The molecule has 14 heavy (non-hydrogen) atoms. The Hall–Kier alpha value is -0.410. The van der Waals surface area contributed by atoms with Crippen LogP contribution in [0.15, 0.2) is 22.7 Å². The minimum absolute atomic E-state index is 0.229. The van der Waals surface area contributed by atoms with Crippen molar-refractivity contribution < 1.29 is 4.39 Å². The van der Waals surface area contributed by atoms with Gasteiger partial charge in [-0.2, -0.15) is 0 Å². The smallest absolute Gasteiger partial charge is 0.129 e. The minimum atomic E-state index is -0.231. The van der Waals surface area contributed by atoms with E-state index in [4.69, 9.17) is 5.73 Å². The van der Waals surface area contributed by atoms with Gasteiger partial charge in [-0.1, -0.05) is 35.8 Å². The standard InChI is InChI=1S/C11H15BrFN/c1-7(2)6-10(14)11-8(12)4-3-5-9(11)13/h3-5,7,10H,6,14H2,1-2H3/t10-/m1/s1. The lowest BCUT2D eigenvalue weighted by Gasteiger charge is -2.16. The summed E-state index contributed by atoms with van der Waals surface area (Å²) in [6, 6.07) is 4.70. The van der Waals surface area contributed by atoms with Crippen molar-refractivity contribution in [1.29, 1.82) is 0 Å². The lowest BCUT2D eigenvalue weighted by molar-refractivity contribution is 0.487. The molecule has 1 rings (SSSR count). The monoisotopic (exact) mass is 259 g/mol. The molecule has 78 valence electrons. The highest BCUT2D eigenvalue weighted by Gasteiger charge is 2.15. The Morgan fingerprint density at radius 3 is 2.57 bits per heavy atom. The van der Waals surface area contributed by atoms with E-state index in [0.717, 1.165) is 10.9 Å². The molecule has 0 aliphatic rings. The molecular formula is C11H15BrFN. The maximum atomic E-state index is 13.4. The van der Waals surface area contributed by atoms with E-state index in [1.165, 1.54) is 6.07 Å². The number of hydrogen-bond acceptors (Lipinski definition) is 1.